The Balaban J connectivity index is 1.86. The number of hydrogen-bond donors (Lipinski definition) is 2. The zero-order valence-corrected chi connectivity index (χ0v) is 25.7. The molecule has 1 unspecified atom stereocenters. The van der Waals surface area contributed by atoms with E-state index in [1.165, 1.54) is 33.0 Å². The molecule has 0 radical (unpaired) electrons. The molecule has 0 spiro atoms. The molecule has 224 valence electrons. The zero-order chi connectivity index (χ0) is 31.5. The Hall–Kier alpha value is -5.18. The molecular weight excluding hydrogens is 604 g/mol. The average Bonchev–Trinajstić information content (AvgIpc) is 3.36. The first-order valence-corrected chi connectivity index (χ1v) is 14.3. The number of hydrogen-bond acceptors (Lipinski definition) is 9. The molecule has 3 N–H and O–H groups in total. The fraction of sp³-hybridized carbons (Fsp3) is 0.156. The number of allylic oxidation sites excluding steroid dienone is 1. The van der Waals surface area contributed by atoms with Crippen LogP contribution in [0, 0.1) is 11.3 Å². The lowest BCUT2D eigenvalue weighted by molar-refractivity contribution is -0.111. The van der Waals surface area contributed by atoms with Crippen LogP contribution >= 0.6 is 22.9 Å². The Bertz CT molecular complexity index is 2030. The van der Waals surface area contributed by atoms with Gasteiger partial charge in [-0.05, 0) is 42.5 Å². The summed E-state index contributed by atoms with van der Waals surface area (Å²) in [6.07, 6.45) is 1.63. The van der Waals surface area contributed by atoms with Crippen molar-refractivity contribution < 1.29 is 23.7 Å². The largest absolute Gasteiger partial charge is 0.493 e. The third kappa shape index (κ3) is 5.25. The lowest BCUT2D eigenvalue weighted by Crippen LogP contribution is -2.40. The summed E-state index contributed by atoms with van der Waals surface area (Å²) in [6.45, 7) is 0. The number of amides is 1. The number of halogens is 1. The number of thiazole rings is 1. The number of para-hydroxylation sites is 2. The van der Waals surface area contributed by atoms with Gasteiger partial charge < -0.3 is 30.0 Å². The predicted octanol–water partition coefficient (Wildman–Crippen LogP) is 3.66. The van der Waals surface area contributed by atoms with E-state index in [-0.39, 0.29) is 26.2 Å². The van der Waals surface area contributed by atoms with Crippen LogP contribution in [-0.4, -0.2) is 38.9 Å². The summed E-state index contributed by atoms with van der Waals surface area (Å²) < 4.78 is 23.9. The fourth-order valence-corrected chi connectivity index (χ4v) is 6.41. The first-order chi connectivity index (χ1) is 21.3. The number of carbonyl (C=O) groups excluding carboxylic acids is 1. The van der Waals surface area contributed by atoms with Crippen molar-refractivity contribution in [2.75, 3.05) is 33.8 Å². The van der Waals surface area contributed by atoms with Crippen molar-refractivity contribution in [3.05, 3.63) is 102 Å². The second-order valence-corrected chi connectivity index (χ2v) is 10.9. The van der Waals surface area contributed by atoms with Crippen LogP contribution in [0.2, 0.25) is 5.02 Å². The summed E-state index contributed by atoms with van der Waals surface area (Å²) in [5, 5.41) is 13.8. The van der Waals surface area contributed by atoms with Gasteiger partial charge >= 0.3 is 0 Å². The molecule has 1 atom stereocenters. The Morgan fingerprint density at radius 1 is 0.977 bits per heavy atom. The molecule has 1 aliphatic rings. The summed E-state index contributed by atoms with van der Waals surface area (Å²) in [6, 6.07) is 19.1. The van der Waals surface area contributed by atoms with Gasteiger partial charge in [0.05, 0.1) is 56.1 Å². The van der Waals surface area contributed by atoms with Crippen LogP contribution in [0.5, 0.6) is 23.0 Å². The van der Waals surface area contributed by atoms with E-state index in [1.54, 1.807) is 66.7 Å². The molecule has 0 saturated carbocycles. The van der Waals surface area contributed by atoms with Gasteiger partial charge in [-0.3, -0.25) is 14.2 Å². The maximum atomic E-state index is 14.2. The van der Waals surface area contributed by atoms with Gasteiger partial charge in [-0.1, -0.05) is 35.9 Å². The molecule has 0 bridgehead atoms. The third-order valence-corrected chi connectivity index (χ3v) is 8.44. The SMILES string of the molecule is COc1cccc(/C=c2\sc3n(c2=O)C(N)=C(C#N)C(c2cccc(OC)c2OC)C=3C(=O)Nc2ccc(Cl)cc2)c1OC. The minimum atomic E-state index is -1.00. The standard InChI is InChI=1S/C32H27ClN4O6S/c1-40-22-9-5-7-17(27(22)42-3)15-24-31(39)37-29(35)21(16-34)25(20-8-6-10-23(41-2)28(20)43-4)26(32(37)44-24)30(38)36-19-13-11-18(33)12-14-19/h5-15,25H,35H2,1-4H3,(H,36,38)/b24-15-. The van der Waals surface area contributed by atoms with Gasteiger partial charge in [0.2, 0.25) is 0 Å². The van der Waals surface area contributed by atoms with Crippen molar-refractivity contribution in [3.63, 3.8) is 0 Å². The minimum absolute atomic E-state index is 0.00396. The van der Waals surface area contributed by atoms with Crippen LogP contribution in [0.4, 0.5) is 5.69 Å². The Morgan fingerprint density at radius 3 is 2.23 bits per heavy atom. The topological polar surface area (TPSA) is 138 Å². The van der Waals surface area contributed by atoms with Gasteiger partial charge in [-0.15, -0.1) is 11.3 Å². The van der Waals surface area contributed by atoms with E-state index in [0.717, 1.165) is 11.3 Å². The van der Waals surface area contributed by atoms with Gasteiger partial charge in [-0.2, -0.15) is 5.26 Å². The zero-order valence-electron chi connectivity index (χ0n) is 24.1. The van der Waals surface area contributed by atoms with Crippen LogP contribution in [-0.2, 0) is 4.79 Å². The van der Waals surface area contributed by atoms with Crippen LogP contribution in [0.15, 0.2) is 71.0 Å². The Morgan fingerprint density at radius 2 is 1.61 bits per heavy atom. The Kier molecular flexibility index (Phi) is 8.66. The van der Waals surface area contributed by atoms with Crippen molar-refractivity contribution in [1.82, 2.24) is 4.57 Å². The van der Waals surface area contributed by atoms with Crippen LogP contribution in [0.25, 0.3) is 17.5 Å². The van der Waals surface area contributed by atoms with E-state index in [9.17, 15) is 14.9 Å². The van der Waals surface area contributed by atoms with Gasteiger partial charge in [0.25, 0.3) is 11.5 Å². The molecule has 10 nitrogen and oxygen atoms in total. The molecule has 1 aromatic heterocycles. The highest BCUT2D eigenvalue weighted by molar-refractivity contribution is 7.07. The molecule has 12 heteroatoms. The fourth-order valence-electron chi connectivity index (χ4n) is 5.12. The molecule has 0 aliphatic carbocycles. The average molecular weight is 631 g/mol. The summed E-state index contributed by atoms with van der Waals surface area (Å²) in [5.74, 6) is -0.0370. The number of ether oxygens (including phenoxy) is 4. The molecule has 4 aromatic rings. The maximum Gasteiger partial charge on any atom is 0.274 e. The second-order valence-electron chi connectivity index (χ2n) is 9.44. The molecule has 0 fully saturated rings. The number of nitrogens with two attached hydrogens (primary N) is 1. The lowest BCUT2D eigenvalue weighted by atomic mass is 9.82. The van der Waals surface area contributed by atoms with Gasteiger partial charge in [0.1, 0.15) is 10.5 Å². The number of methoxy groups -OCH3 is 4. The monoisotopic (exact) mass is 630 g/mol. The van der Waals surface area contributed by atoms with E-state index >= 15 is 0 Å². The second kappa shape index (κ2) is 12.6. The summed E-state index contributed by atoms with van der Waals surface area (Å²) >= 11 is 7.11. The highest BCUT2D eigenvalue weighted by Gasteiger charge is 2.38. The summed E-state index contributed by atoms with van der Waals surface area (Å²) in [7, 11) is 5.97. The smallest absolute Gasteiger partial charge is 0.274 e. The molecule has 44 heavy (non-hydrogen) atoms. The van der Waals surface area contributed by atoms with Gasteiger partial charge in [0, 0.05) is 21.8 Å². The molecule has 1 aliphatic heterocycles. The van der Waals surface area contributed by atoms with E-state index in [4.69, 9.17) is 36.3 Å². The van der Waals surface area contributed by atoms with Gasteiger partial charge in [0.15, 0.2) is 23.0 Å². The van der Waals surface area contributed by atoms with Crippen molar-refractivity contribution in [2.24, 2.45) is 5.73 Å². The minimum Gasteiger partial charge on any atom is -0.493 e. The third-order valence-electron chi connectivity index (χ3n) is 7.08. The normalized spacial score (nSPS) is 14.5. The van der Waals surface area contributed by atoms with Crippen LogP contribution < -0.4 is 44.8 Å². The number of nitriles is 1. The lowest BCUT2D eigenvalue weighted by Gasteiger charge is -2.27. The first-order valence-electron chi connectivity index (χ1n) is 13.1. The van der Waals surface area contributed by atoms with Gasteiger partial charge in [-0.25, -0.2) is 0 Å². The maximum absolute atomic E-state index is 14.2. The number of carbonyl (C=O) groups is 1. The van der Waals surface area contributed by atoms with Crippen molar-refractivity contribution in [3.8, 4) is 29.1 Å². The van der Waals surface area contributed by atoms with Crippen LogP contribution in [0.3, 0.4) is 0 Å². The highest BCUT2D eigenvalue weighted by atomic mass is 35.5. The molecule has 1 amide bonds. The number of benzene rings is 3. The van der Waals surface area contributed by atoms with E-state index in [1.807, 2.05) is 0 Å². The Labute approximate surface area is 261 Å². The first kappa shape index (κ1) is 30.3. The van der Waals surface area contributed by atoms with E-state index in [0.29, 0.717) is 44.8 Å². The van der Waals surface area contributed by atoms with Crippen molar-refractivity contribution >= 4 is 52.0 Å². The number of fused-ring (bicyclic) bond motifs is 1. The number of anilines is 1. The quantitative estimate of drug-likeness (QED) is 0.301. The summed E-state index contributed by atoms with van der Waals surface area (Å²) in [4.78, 5) is 28.1. The molecule has 3 aromatic carbocycles. The number of nitrogens with one attached hydrogen (secondary N) is 1. The number of nitrogens with zero attached hydrogens (tertiary/aromatic N) is 2. The number of aromatic nitrogens is 1. The number of rotatable bonds is 8. The molecule has 5 rings (SSSR count). The molecular formula is C32H27ClN4O6S. The summed E-state index contributed by atoms with van der Waals surface area (Å²) in [5.41, 5.74) is 7.67. The van der Waals surface area contributed by atoms with Crippen molar-refractivity contribution in [2.45, 2.75) is 5.92 Å². The van der Waals surface area contributed by atoms with E-state index in [2.05, 4.69) is 11.4 Å². The molecule has 0 saturated heterocycles. The predicted molar refractivity (Wildman–Crippen MR) is 170 cm³/mol. The molecule has 2 heterocycles. The van der Waals surface area contributed by atoms with Crippen LogP contribution in [0.1, 0.15) is 17.0 Å². The van der Waals surface area contributed by atoms with E-state index < -0.39 is 17.4 Å². The highest BCUT2D eigenvalue weighted by Crippen LogP contribution is 2.44. The van der Waals surface area contributed by atoms with Crippen molar-refractivity contribution in [1.29, 1.82) is 5.26 Å².